The van der Waals surface area contributed by atoms with Crippen molar-refractivity contribution in [3.8, 4) is 0 Å². The molecular weight excluding hydrogens is 486 g/mol. The van der Waals surface area contributed by atoms with Gasteiger partial charge in [-0.2, -0.15) is 0 Å². The first-order chi connectivity index (χ1) is 16.5. The van der Waals surface area contributed by atoms with Crippen LogP contribution in [-0.4, -0.2) is 35.5 Å². The molecule has 10 heteroatoms. The van der Waals surface area contributed by atoms with E-state index in [4.69, 9.17) is 0 Å². The van der Waals surface area contributed by atoms with Crippen LogP contribution in [0.2, 0.25) is 0 Å². The van der Waals surface area contributed by atoms with Gasteiger partial charge in [0.05, 0.1) is 22.5 Å². The van der Waals surface area contributed by atoms with E-state index in [2.05, 4.69) is 10.0 Å². The molecule has 0 bridgehead atoms. The molecule has 0 atom stereocenters. The molecule has 0 fully saturated rings. The van der Waals surface area contributed by atoms with Crippen molar-refractivity contribution in [1.82, 2.24) is 0 Å². The first-order valence-electron chi connectivity index (χ1n) is 11.0. The number of para-hydroxylation sites is 1. The van der Waals surface area contributed by atoms with Gasteiger partial charge in [0.25, 0.3) is 10.0 Å². The van der Waals surface area contributed by atoms with Gasteiger partial charge >= 0.3 is 0 Å². The number of aryl methyl sites for hydroxylation is 2. The summed E-state index contributed by atoms with van der Waals surface area (Å²) in [6, 6.07) is 20.1. The summed E-state index contributed by atoms with van der Waals surface area (Å²) in [6.45, 7) is 3.87. The lowest BCUT2D eigenvalue weighted by atomic mass is 10.1. The lowest BCUT2D eigenvalue weighted by Crippen LogP contribution is -2.31. The lowest BCUT2D eigenvalue weighted by Gasteiger charge is -2.22. The average molecular weight is 516 g/mol. The van der Waals surface area contributed by atoms with Crippen molar-refractivity contribution in [1.29, 1.82) is 0 Å². The Morgan fingerprint density at radius 3 is 2.17 bits per heavy atom. The van der Waals surface area contributed by atoms with E-state index in [1.165, 1.54) is 28.6 Å². The van der Waals surface area contributed by atoms with Crippen molar-refractivity contribution in [2.45, 2.75) is 31.6 Å². The second kappa shape index (κ2) is 10.9. The summed E-state index contributed by atoms with van der Waals surface area (Å²) in [5, 5.41) is 2.72. The van der Waals surface area contributed by atoms with Crippen molar-refractivity contribution in [2.75, 3.05) is 27.1 Å². The minimum absolute atomic E-state index is 0.0723. The number of hydrogen-bond donors (Lipinski definition) is 2. The molecule has 0 spiro atoms. The molecule has 0 unspecified atom stereocenters. The summed E-state index contributed by atoms with van der Waals surface area (Å²) < 4.78 is 53.6. The molecule has 0 heterocycles. The number of benzene rings is 3. The van der Waals surface area contributed by atoms with E-state index >= 15 is 0 Å². The standard InChI is InChI=1S/C25H29N3O5S2/c1-19-11-12-20(2)24(18-19)27-35(32,33)23-15-13-21(14-16-23)26-25(29)10-7-17-28(34(3,30)31)22-8-5-4-6-9-22/h4-6,8-9,11-16,18,27H,7,10,17H2,1-3H3,(H,26,29). The van der Waals surface area contributed by atoms with Gasteiger partial charge in [0.1, 0.15) is 0 Å². The van der Waals surface area contributed by atoms with Crippen LogP contribution in [-0.2, 0) is 24.8 Å². The number of nitrogens with zero attached hydrogens (tertiary/aromatic N) is 1. The van der Waals surface area contributed by atoms with E-state index in [-0.39, 0.29) is 23.8 Å². The highest BCUT2D eigenvalue weighted by molar-refractivity contribution is 7.92. The molecule has 3 aromatic carbocycles. The van der Waals surface area contributed by atoms with E-state index in [0.29, 0.717) is 23.5 Å². The van der Waals surface area contributed by atoms with Crippen LogP contribution in [0.25, 0.3) is 0 Å². The van der Waals surface area contributed by atoms with Crippen LogP contribution in [0, 0.1) is 13.8 Å². The zero-order valence-corrected chi connectivity index (χ0v) is 21.5. The maximum Gasteiger partial charge on any atom is 0.261 e. The molecule has 0 radical (unpaired) electrons. The van der Waals surface area contributed by atoms with E-state index in [0.717, 1.165) is 17.4 Å². The topological polar surface area (TPSA) is 113 Å². The summed E-state index contributed by atoms with van der Waals surface area (Å²) >= 11 is 0. The number of carbonyl (C=O) groups is 1. The SMILES string of the molecule is Cc1ccc(C)c(NS(=O)(=O)c2ccc(NC(=O)CCCN(c3ccccc3)S(C)(=O)=O)cc2)c1. The van der Waals surface area contributed by atoms with Gasteiger partial charge in [0, 0.05) is 18.7 Å². The molecule has 2 N–H and O–H groups in total. The fourth-order valence-corrected chi connectivity index (χ4v) is 5.54. The zero-order valence-electron chi connectivity index (χ0n) is 19.9. The van der Waals surface area contributed by atoms with Crippen LogP contribution in [0.15, 0.2) is 77.7 Å². The smallest absolute Gasteiger partial charge is 0.261 e. The highest BCUT2D eigenvalue weighted by Gasteiger charge is 2.18. The Bertz CT molecular complexity index is 1390. The summed E-state index contributed by atoms with van der Waals surface area (Å²) in [5.74, 6) is -0.296. The first-order valence-corrected chi connectivity index (χ1v) is 14.3. The van der Waals surface area contributed by atoms with Gasteiger partial charge in [-0.25, -0.2) is 16.8 Å². The number of anilines is 3. The third kappa shape index (κ3) is 7.30. The van der Waals surface area contributed by atoms with Gasteiger partial charge in [0.15, 0.2) is 0 Å². The summed E-state index contributed by atoms with van der Waals surface area (Å²) in [4.78, 5) is 12.4. The van der Waals surface area contributed by atoms with Crippen molar-refractivity contribution < 1.29 is 21.6 Å². The van der Waals surface area contributed by atoms with Crippen molar-refractivity contribution >= 4 is 43.0 Å². The normalized spacial score (nSPS) is 11.6. The summed E-state index contributed by atoms with van der Waals surface area (Å²) in [5.41, 5.74) is 3.26. The number of rotatable bonds is 10. The van der Waals surface area contributed by atoms with Crippen LogP contribution in [0.5, 0.6) is 0 Å². The minimum Gasteiger partial charge on any atom is -0.326 e. The first kappa shape index (κ1) is 26.2. The maximum atomic E-state index is 12.7. The molecule has 8 nitrogen and oxygen atoms in total. The number of amides is 1. The van der Waals surface area contributed by atoms with Crippen molar-refractivity contribution in [3.05, 3.63) is 83.9 Å². The Balaban J connectivity index is 1.58. The molecular formula is C25H29N3O5S2. The predicted molar refractivity (Wildman–Crippen MR) is 140 cm³/mol. The van der Waals surface area contributed by atoms with Gasteiger partial charge < -0.3 is 5.32 Å². The van der Waals surface area contributed by atoms with Crippen molar-refractivity contribution in [3.63, 3.8) is 0 Å². The highest BCUT2D eigenvalue weighted by atomic mass is 32.2. The number of nitrogens with one attached hydrogen (secondary N) is 2. The van der Waals surface area contributed by atoms with Crippen LogP contribution in [0.1, 0.15) is 24.0 Å². The fraction of sp³-hybridized carbons (Fsp3) is 0.240. The summed E-state index contributed by atoms with van der Waals surface area (Å²) in [7, 11) is -7.27. The Hall–Kier alpha value is -3.37. The Morgan fingerprint density at radius 2 is 1.54 bits per heavy atom. The van der Waals surface area contributed by atoms with Gasteiger partial charge in [-0.3, -0.25) is 13.8 Å². The molecule has 3 rings (SSSR count). The molecule has 0 saturated carbocycles. The molecule has 186 valence electrons. The van der Waals surface area contributed by atoms with E-state index < -0.39 is 20.0 Å². The average Bonchev–Trinajstić information content (AvgIpc) is 2.79. The van der Waals surface area contributed by atoms with Gasteiger partial charge in [-0.1, -0.05) is 30.3 Å². The molecule has 0 aliphatic heterocycles. The molecule has 1 amide bonds. The Kier molecular flexibility index (Phi) is 8.18. The Morgan fingerprint density at radius 1 is 0.886 bits per heavy atom. The molecule has 0 saturated heterocycles. The molecule has 3 aromatic rings. The fourth-order valence-electron chi connectivity index (χ4n) is 3.45. The van der Waals surface area contributed by atoms with E-state index in [1.54, 1.807) is 36.4 Å². The van der Waals surface area contributed by atoms with Crippen molar-refractivity contribution in [2.24, 2.45) is 0 Å². The second-order valence-corrected chi connectivity index (χ2v) is 11.9. The van der Waals surface area contributed by atoms with Crippen LogP contribution < -0.4 is 14.3 Å². The van der Waals surface area contributed by atoms with Crippen LogP contribution in [0.3, 0.4) is 0 Å². The van der Waals surface area contributed by atoms with E-state index in [9.17, 15) is 21.6 Å². The zero-order chi connectivity index (χ0) is 25.6. The third-order valence-corrected chi connectivity index (χ3v) is 7.87. The lowest BCUT2D eigenvalue weighted by molar-refractivity contribution is -0.116. The molecule has 0 aliphatic rings. The highest BCUT2D eigenvalue weighted by Crippen LogP contribution is 2.22. The largest absolute Gasteiger partial charge is 0.326 e. The third-order valence-electron chi connectivity index (χ3n) is 5.30. The van der Waals surface area contributed by atoms with Gasteiger partial charge in [0.2, 0.25) is 15.9 Å². The summed E-state index contributed by atoms with van der Waals surface area (Å²) in [6.07, 6.45) is 1.55. The van der Waals surface area contributed by atoms with Gasteiger partial charge in [-0.05, 0) is 73.9 Å². The molecule has 0 aromatic heterocycles. The molecule has 35 heavy (non-hydrogen) atoms. The predicted octanol–water partition coefficient (Wildman–Crippen LogP) is 4.29. The minimum atomic E-state index is -3.79. The molecule has 0 aliphatic carbocycles. The maximum absolute atomic E-state index is 12.7. The number of hydrogen-bond acceptors (Lipinski definition) is 5. The van der Waals surface area contributed by atoms with Crippen LogP contribution in [0.4, 0.5) is 17.1 Å². The number of carbonyl (C=O) groups excluding carboxylic acids is 1. The quantitative estimate of drug-likeness (QED) is 0.418. The Labute approximate surface area is 207 Å². The monoisotopic (exact) mass is 515 g/mol. The van der Waals surface area contributed by atoms with E-state index in [1.807, 2.05) is 26.0 Å². The van der Waals surface area contributed by atoms with Crippen LogP contribution >= 0.6 is 0 Å². The van der Waals surface area contributed by atoms with Gasteiger partial charge in [-0.15, -0.1) is 0 Å². The second-order valence-electron chi connectivity index (χ2n) is 8.27. The number of sulfonamides is 2.